The molecule has 0 fully saturated rings. The van der Waals surface area contributed by atoms with Crippen LogP contribution in [-0.2, 0) is 6.54 Å². The molecule has 0 bridgehead atoms. The summed E-state index contributed by atoms with van der Waals surface area (Å²) >= 11 is 0. The van der Waals surface area contributed by atoms with Gasteiger partial charge in [-0.25, -0.2) is 9.37 Å². The van der Waals surface area contributed by atoms with Gasteiger partial charge in [-0.15, -0.1) is 0 Å². The van der Waals surface area contributed by atoms with Crippen LogP contribution >= 0.6 is 0 Å². The molecule has 1 N–H and O–H groups in total. The second-order valence-electron chi connectivity index (χ2n) is 3.79. The first-order valence-electron chi connectivity index (χ1n) is 5.56. The lowest BCUT2D eigenvalue weighted by Gasteiger charge is -2.08. The van der Waals surface area contributed by atoms with Crippen molar-refractivity contribution < 1.29 is 9.13 Å². The standard InChI is InChI=1S/C13H14FN3O/c1-9-16-12(7-13(17-9)18-2)15-8-10-5-3-4-6-11(10)14/h3-7H,8H2,1-2H3,(H,15,16,17). The lowest BCUT2D eigenvalue weighted by Crippen LogP contribution is -2.05. The van der Waals surface area contributed by atoms with E-state index in [1.807, 2.05) is 0 Å². The Morgan fingerprint density at radius 3 is 2.78 bits per heavy atom. The molecule has 18 heavy (non-hydrogen) atoms. The molecule has 5 heteroatoms. The van der Waals surface area contributed by atoms with E-state index in [1.165, 1.54) is 6.07 Å². The highest BCUT2D eigenvalue weighted by Gasteiger charge is 2.04. The minimum absolute atomic E-state index is 0.234. The Bertz CT molecular complexity index is 546. The first kappa shape index (κ1) is 12.3. The molecule has 0 aliphatic heterocycles. The van der Waals surface area contributed by atoms with Crippen molar-refractivity contribution in [3.63, 3.8) is 0 Å². The molecule has 2 aromatic rings. The van der Waals surface area contributed by atoms with Crippen LogP contribution < -0.4 is 10.1 Å². The van der Waals surface area contributed by atoms with E-state index in [4.69, 9.17) is 4.74 Å². The number of methoxy groups -OCH3 is 1. The van der Waals surface area contributed by atoms with Crippen LogP contribution in [0.15, 0.2) is 30.3 Å². The van der Waals surface area contributed by atoms with Crippen molar-refractivity contribution in [1.82, 2.24) is 9.97 Å². The number of halogens is 1. The zero-order chi connectivity index (χ0) is 13.0. The average Bonchev–Trinajstić information content (AvgIpc) is 2.37. The Morgan fingerprint density at radius 2 is 2.06 bits per heavy atom. The topological polar surface area (TPSA) is 47.0 Å². The van der Waals surface area contributed by atoms with Crippen LogP contribution in [0.2, 0.25) is 0 Å². The molecule has 1 aromatic carbocycles. The molecule has 0 aliphatic carbocycles. The first-order valence-corrected chi connectivity index (χ1v) is 5.56. The number of aryl methyl sites for hydroxylation is 1. The van der Waals surface area contributed by atoms with E-state index < -0.39 is 0 Å². The molecule has 0 amide bonds. The van der Waals surface area contributed by atoms with Gasteiger partial charge >= 0.3 is 0 Å². The molecular formula is C13H14FN3O. The Labute approximate surface area is 105 Å². The number of rotatable bonds is 4. The van der Waals surface area contributed by atoms with Gasteiger partial charge in [-0.05, 0) is 13.0 Å². The van der Waals surface area contributed by atoms with Crippen molar-refractivity contribution in [2.45, 2.75) is 13.5 Å². The van der Waals surface area contributed by atoms with Gasteiger partial charge in [0.05, 0.1) is 7.11 Å². The molecule has 0 atom stereocenters. The first-order chi connectivity index (χ1) is 8.69. The van der Waals surface area contributed by atoms with E-state index in [0.717, 1.165) is 0 Å². The summed E-state index contributed by atoms with van der Waals surface area (Å²) < 4.78 is 18.5. The van der Waals surface area contributed by atoms with Crippen LogP contribution in [0.4, 0.5) is 10.2 Å². The number of ether oxygens (including phenoxy) is 1. The van der Waals surface area contributed by atoms with Gasteiger partial charge in [0.25, 0.3) is 0 Å². The normalized spacial score (nSPS) is 10.2. The largest absolute Gasteiger partial charge is 0.481 e. The number of anilines is 1. The molecule has 94 valence electrons. The summed E-state index contributed by atoms with van der Waals surface area (Å²) in [5.41, 5.74) is 0.590. The average molecular weight is 247 g/mol. The number of hydrogen-bond donors (Lipinski definition) is 1. The van der Waals surface area contributed by atoms with E-state index in [9.17, 15) is 4.39 Å². The van der Waals surface area contributed by atoms with Gasteiger partial charge in [0.2, 0.25) is 5.88 Å². The molecule has 0 saturated heterocycles. The van der Waals surface area contributed by atoms with Gasteiger partial charge in [0.1, 0.15) is 17.5 Å². The Morgan fingerprint density at radius 1 is 1.28 bits per heavy atom. The lowest BCUT2D eigenvalue weighted by molar-refractivity contribution is 0.396. The molecule has 4 nitrogen and oxygen atoms in total. The van der Waals surface area contributed by atoms with Crippen molar-refractivity contribution in [3.8, 4) is 5.88 Å². The van der Waals surface area contributed by atoms with Crippen LogP contribution in [0.25, 0.3) is 0 Å². The van der Waals surface area contributed by atoms with Crippen molar-refractivity contribution in [3.05, 3.63) is 47.5 Å². The minimum atomic E-state index is -0.234. The molecule has 0 unspecified atom stereocenters. The highest BCUT2D eigenvalue weighted by atomic mass is 19.1. The summed E-state index contributed by atoms with van der Waals surface area (Å²) in [6.07, 6.45) is 0. The Kier molecular flexibility index (Phi) is 3.72. The maximum Gasteiger partial charge on any atom is 0.218 e. The van der Waals surface area contributed by atoms with Crippen LogP contribution in [0, 0.1) is 12.7 Å². The predicted molar refractivity (Wildman–Crippen MR) is 67.0 cm³/mol. The smallest absolute Gasteiger partial charge is 0.218 e. The number of aromatic nitrogens is 2. The summed E-state index contributed by atoms with van der Waals surface area (Å²) in [6, 6.07) is 8.30. The molecule has 2 rings (SSSR count). The minimum Gasteiger partial charge on any atom is -0.481 e. The third-order valence-electron chi connectivity index (χ3n) is 2.44. The monoisotopic (exact) mass is 247 g/mol. The van der Waals surface area contributed by atoms with Crippen LogP contribution in [0.3, 0.4) is 0 Å². The van der Waals surface area contributed by atoms with Gasteiger partial charge < -0.3 is 10.1 Å². The van der Waals surface area contributed by atoms with E-state index >= 15 is 0 Å². The molecule has 0 spiro atoms. The molecule has 0 aliphatic rings. The third kappa shape index (κ3) is 2.94. The number of hydrogen-bond acceptors (Lipinski definition) is 4. The fourth-order valence-electron chi connectivity index (χ4n) is 1.56. The maximum absolute atomic E-state index is 13.4. The molecule has 0 radical (unpaired) electrons. The zero-order valence-electron chi connectivity index (χ0n) is 10.3. The van der Waals surface area contributed by atoms with Gasteiger partial charge in [-0.3, -0.25) is 0 Å². The fourth-order valence-corrected chi connectivity index (χ4v) is 1.56. The van der Waals surface area contributed by atoms with Crippen molar-refractivity contribution >= 4 is 5.82 Å². The summed E-state index contributed by atoms with van der Waals surface area (Å²) in [7, 11) is 1.54. The van der Waals surface area contributed by atoms with E-state index in [1.54, 1.807) is 38.3 Å². The molecule has 1 heterocycles. The highest BCUT2D eigenvalue weighted by Crippen LogP contribution is 2.14. The fraction of sp³-hybridized carbons (Fsp3) is 0.231. The third-order valence-corrected chi connectivity index (χ3v) is 2.44. The Hall–Kier alpha value is -2.17. The second-order valence-corrected chi connectivity index (χ2v) is 3.79. The van der Waals surface area contributed by atoms with Crippen LogP contribution in [0.1, 0.15) is 11.4 Å². The van der Waals surface area contributed by atoms with Gasteiger partial charge in [-0.1, -0.05) is 18.2 Å². The second kappa shape index (κ2) is 5.44. The van der Waals surface area contributed by atoms with E-state index in [-0.39, 0.29) is 5.82 Å². The van der Waals surface area contributed by atoms with Crippen molar-refractivity contribution in [2.24, 2.45) is 0 Å². The highest BCUT2D eigenvalue weighted by molar-refractivity contribution is 5.39. The van der Waals surface area contributed by atoms with Crippen LogP contribution in [0.5, 0.6) is 5.88 Å². The van der Waals surface area contributed by atoms with Crippen molar-refractivity contribution in [2.75, 3.05) is 12.4 Å². The Balaban J connectivity index is 2.11. The van der Waals surface area contributed by atoms with Gasteiger partial charge in [0.15, 0.2) is 0 Å². The number of benzene rings is 1. The summed E-state index contributed by atoms with van der Waals surface area (Å²) in [5.74, 6) is 1.47. The SMILES string of the molecule is COc1cc(NCc2ccccc2F)nc(C)n1. The number of nitrogens with one attached hydrogen (secondary N) is 1. The number of nitrogens with zero attached hydrogens (tertiary/aromatic N) is 2. The molecule has 1 aromatic heterocycles. The molecular weight excluding hydrogens is 233 g/mol. The predicted octanol–water partition coefficient (Wildman–Crippen LogP) is 2.54. The zero-order valence-corrected chi connectivity index (χ0v) is 10.3. The molecule has 0 saturated carbocycles. The summed E-state index contributed by atoms with van der Waals surface area (Å²) in [5, 5.41) is 3.05. The summed E-state index contributed by atoms with van der Waals surface area (Å²) in [6.45, 7) is 2.14. The quantitative estimate of drug-likeness (QED) is 0.902. The van der Waals surface area contributed by atoms with Gasteiger partial charge in [-0.2, -0.15) is 4.98 Å². The summed E-state index contributed by atoms with van der Waals surface area (Å²) in [4.78, 5) is 8.28. The van der Waals surface area contributed by atoms with Gasteiger partial charge in [0, 0.05) is 18.2 Å². The lowest BCUT2D eigenvalue weighted by atomic mass is 10.2. The van der Waals surface area contributed by atoms with E-state index in [2.05, 4.69) is 15.3 Å². The van der Waals surface area contributed by atoms with Crippen molar-refractivity contribution in [1.29, 1.82) is 0 Å². The van der Waals surface area contributed by atoms with E-state index in [0.29, 0.717) is 29.6 Å². The van der Waals surface area contributed by atoms with Crippen LogP contribution in [-0.4, -0.2) is 17.1 Å². The maximum atomic E-state index is 13.4.